The number of hydrogen-bond acceptors (Lipinski definition) is 5. The molecule has 1 N–H and O–H groups in total. The van der Waals surface area contributed by atoms with Gasteiger partial charge in [0.25, 0.3) is 10.0 Å². The number of methoxy groups -OCH3 is 2. The van der Waals surface area contributed by atoms with Crippen molar-refractivity contribution in [3.63, 3.8) is 0 Å². The summed E-state index contributed by atoms with van der Waals surface area (Å²) in [5.74, 6) is 0.271. The number of sulfonamides is 1. The topological polar surface area (TPSA) is 84.9 Å². The summed E-state index contributed by atoms with van der Waals surface area (Å²) < 4.78 is 39.1. The number of ether oxygens (including phenoxy) is 2. The molecule has 0 heterocycles. The van der Waals surface area contributed by atoms with Gasteiger partial charge in [-0.1, -0.05) is 29.8 Å². The van der Waals surface area contributed by atoms with Gasteiger partial charge in [0.2, 0.25) is 5.91 Å². The van der Waals surface area contributed by atoms with E-state index in [0.717, 1.165) is 21.0 Å². The Morgan fingerprint density at radius 2 is 1.54 bits per heavy atom. The van der Waals surface area contributed by atoms with Crippen LogP contribution in [0.1, 0.15) is 16.7 Å². The average molecular weight is 517 g/mol. The van der Waals surface area contributed by atoms with Crippen LogP contribution in [0.25, 0.3) is 0 Å². The number of carbonyl (C=O) groups excluding carboxylic acids is 1. The summed E-state index contributed by atoms with van der Waals surface area (Å²) in [5, 5.41) is 3.46. The van der Waals surface area contributed by atoms with E-state index >= 15 is 0 Å². The van der Waals surface area contributed by atoms with Crippen LogP contribution >= 0.6 is 11.6 Å². The molecule has 0 radical (unpaired) electrons. The summed E-state index contributed by atoms with van der Waals surface area (Å²) >= 11 is 5.92. The molecule has 0 aliphatic carbocycles. The monoisotopic (exact) mass is 516 g/mol. The van der Waals surface area contributed by atoms with E-state index in [-0.39, 0.29) is 17.2 Å². The molecule has 3 aromatic rings. The normalized spacial score (nSPS) is 11.1. The summed E-state index contributed by atoms with van der Waals surface area (Å²) in [6.07, 6.45) is 0.592. The SMILES string of the molecule is COc1ccc(S(=O)(=O)N(CC(=O)NCCc2ccc(Cl)cc2)c2cc(C)cc(C)c2)cc1OC. The molecular weight excluding hydrogens is 488 g/mol. The molecule has 9 heteroatoms. The van der Waals surface area contributed by atoms with Gasteiger partial charge in [-0.25, -0.2) is 8.42 Å². The van der Waals surface area contributed by atoms with Crippen LogP contribution in [0.5, 0.6) is 11.5 Å². The van der Waals surface area contributed by atoms with Crippen LogP contribution in [0, 0.1) is 13.8 Å². The highest BCUT2D eigenvalue weighted by Crippen LogP contribution is 2.32. The predicted molar refractivity (Wildman–Crippen MR) is 138 cm³/mol. The number of halogens is 1. The van der Waals surface area contributed by atoms with Gasteiger partial charge in [-0.2, -0.15) is 0 Å². The maximum Gasteiger partial charge on any atom is 0.264 e. The molecule has 186 valence electrons. The number of amides is 1. The molecule has 0 atom stereocenters. The van der Waals surface area contributed by atoms with Crippen LogP contribution in [0.3, 0.4) is 0 Å². The minimum absolute atomic E-state index is 0.0109. The molecule has 0 saturated heterocycles. The second-order valence-corrected chi connectivity index (χ2v) is 10.4. The first-order chi connectivity index (χ1) is 16.6. The Kier molecular flexibility index (Phi) is 8.64. The average Bonchev–Trinajstić information content (AvgIpc) is 2.82. The van der Waals surface area contributed by atoms with Gasteiger partial charge in [-0.3, -0.25) is 9.10 Å². The molecule has 35 heavy (non-hydrogen) atoms. The molecule has 0 aromatic heterocycles. The lowest BCUT2D eigenvalue weighted by atomic mass is 10.1. The van der Waals surface area contributed by atoms with Crippen LogP contribution < -0.4 is 19.1 Å². The Bertz CT molecular complexity index is 1270. The number of rotatable bonds is 10. The minimum atomic E-state index is -4.10. The van der Waals surface area contributed by atoms with Crippen molar-refractivity contribution in [1.82, 2.24) is 5.32 Å². The fourth-order valence-electron chi connectivity index (χ4n) is 3.70. The number of benzene rings is 3. The Hall–Kier alpha value is -3.23. The first-order valence-corrected chi connectivity index (χ1v) is 12.8. The summed E-state index contributed by atoms with van der Waals surface area (Å²) in [7, 11) is -1.19. The van der Waals surface area contributed by atoms with Gasteiger partial charge in [-0.15, -0.1) is 0 Å². The van der Waals surface area contributed by atoms with E-state index in [0.29, 0.717) is 29.4 Å². The molecule has 0 aliphatic heterocycles. The summed E-state index contributed by atoms with van der Waals surface area (Å²) in [4.78, 5) is 12.8. The fourth-order valence-corrected chi connectivity index (χ4v) is 5.24. The van der Waals surface area contributed by atoms with Crippen molar-refractivity contribution in [1.29, 1.82) is 0 Å². The molecule has 0 fully saturated rings. The Labute approximate surface area is 211 Å². The lowest BCUT2D eigenvalue weighted by Gasteiger charge is -2.25. The second-order valence-electron chi connectivity index (χ2n) is 8.10. The van der Waals surface area contributed by atoms with Gasteiger partial charge >= 0.3 is 0 Å². The minimum Gasteiger partial charge on any atom is -0.493 e. The quantitative estimate of drug-likeness (QED) is 0.428. The van der Waals surface area contributed by atoms with Gasteiger partial charge in [0.05, 0.1) is 24.8 Å². The first kappa shape index (κ1) is 26.4. The van der Waals surface area contributed by atoms with Crippen LogP contribution in [-0.2, 0) is 21.2 Å². The van der Waals surface area contributed by atoms with Gasteiger partial charge in [-0.05, 0) is 73.4 Å². The van der Waals surface area contributed by atoms with E-state index in [1.54, 1.807) is 24.3 Å². The Balaban J connectivity index is 1.87. The molecule has 0 saturated carbocycles. The highest BCUT2D eigenvalue weighted by Gasteiger charge is 2.28. The third kappa shape index (κ3) is 6.68. The third-order valence-electron chi connectivity index (χ3n) is 5.37. The molecule has 0 bridgehead atoms. The van der Waals surface area contributed by atoms with Crippen LogP contribution in [0.15, 0.2) is 65.6 Å². The second kappa shape index (κ2) is 11.5. The highest BCUT2D eigenvalue weighted by molar-refractivity contribution is 7.92. The zero-order valence-electron chi connectivity index (χ0n) is 20.2. The Morgan fingerprint density at radius 3 is 2.14 bits per heavy atom. The van der Waals surface area contributed by atoms with E-state index in [9.17, 15) is 13.2 Å². The smallest absolute Gasteiger partial charge is 0.264 e. The first-order valence-electron chi connectivity index (χ1n) is 11.0. The largest absolute Gasteiger partial charge is 0.493 e. The maximum atomic E-state index is 13.7. The van der Waals surface area contributed by atoms with Crippen LogP contribution in [0.4, 0.5) is 5.69 Å². The number of nitrogens with zero attached hydrogens (tertiary/aromatic N) is 1. The third-order valence-corrected chi connectivity index (χ3v) is 7.40. The molecule has 0 unspecified atom stereocenters. The number of aryl methyl sites for hydroxylation is 2. The summed E-state index contributed by atoms with van der Waals surface area (Å²) in [6, 6.07) is 17.1. The van der Waals surface area contributed by atoms with Crippen molar-refractivity contribution < 1.29 is 22.7 Å². The molecule has 1 amide bonds. The molecule has 3 rings (SSSR count). The molecule has 7 nitrogen and oxygen atoms in total. The molecule has 0 aliphatic rings. The van der Waals surface area contributed by atoms with Gasteiger partial charge in [0.15, 0.2) is 11.5 Å². The van der Waals surface area contributed by atoms with Gasteiger partial charge < -0.3 is 14.8 Å². The van der Waals surface area contributed by atoms with E-state index in [1.165, 1.54) is 32.4 Å². The zero-order chi connectivity index (χ0) is 25.6. The van der Waals surface area contributed by atoms with Crippen molar-refractivity contribution >= 4 is 33.2 Å². The standard InChI is InChI=1S/C26H29ClN2O5S/c1-18-13-19(2)15-22(14-18)29(17-26(30)28-12-11-20-5-7-21(27)8-6-20)35(31,32)23-9-10-24(33-3)25(16-23)34-4/h5-10,13-16H,11-12,17H2,1-4H3,(H,28,30). The van der Waals surface area contributed by atoms with E-state index in [4.69, 9.17) is 21.1 Å². The molecule has 3 aromatic carbocycles. The van der Waals surface area contributed by atoms with Crippen molar-refractivity contribution in [2.24, 2.45) is 0 Å². The molecule has 0 spiro atoms. The Morgan fingerprint density at radius 1 is 0.914 bits per heavy atom. The van der Waals surface area contributed by atoms with Crippen LogP contribution in [0.2, 0.25) is 5.02 Å². The van der Waals surface area contributed by atoms with Crippen molar-refractivity contribution in [3.05, 3.63) is 82.4 Å². The number of anilines is 1. The van der Waals surface area contributed by atoms with Gasteiger partial charge in [0, 0.05) is 17.6 Å². The predicted octanol–water partition coefficient (Wildman–Crippen LogP) is 4.53. The fraction of sp³-hybridized carbons (Fsp3) is 0.269. The number of carbonyl (C=O) groups is 1. The van der Waals surface area contributed by atoms with Crippen LogP contribution in [-0.4, -0.2) is 41.6 Å². The summed E-state index contributed by atoms with van der Waals surface area (Å²) in [6.45, 7) is 3.74. The summed E-state index contributed by atoms with van der Waals surface area (Å²) in [5.41, 5.74) is 3.19. The van der Waals surface area contributed by atoms with Crippen molar-refractivity contribution in [3.8, 4) is 11.5 Å². The lowest BCUT2D eigenvalue weighted by molar-refractivity contribution is -0.119. The van der Waals surface area contributed by atoms with E-state index < -0.39 is 15.9 Å². The maximum absolute atomic E-state index is 13.7. The lowest BCUT2D eigenvalue weighted by Crippen LogP contribution is -2.41. The van der Waals surface area contributed by atoms with Crippen molar-refractivity contribution in [2.45, 2.75) is 25.2 Å². The van der Waals surface area contributed by atoms with Gasteiger partial charge in [0.1, 0.15) is 6.54 Å². The van der Waals surface area contributed by atoms with E-state index in [1.807, 2.05) is 32.0 Å². The van der Waals surface area contributed by atoms with E-state index in [2.05, 4.69) is 5.32 Å². The van der Waals surface area contributed by atoms with Crippen molar-refractivity contribution in [2.75, 3.05) is 31.6 Å². The zero-order valence-corrected chi connectivity index (χ0v) is 21.7. The number of nitrogens with one attached hydrogen (secondary N) is 1. The molecular formula is C26H29ClN2O5S. The highest BCUT2D eigenvalue weighted by atomic mass is 35.5. The number of hydrogen-bond donors (Lipinski definition) is 1.